The highest BCUT2D eigenvalue weighted by atomic mass is 16.6. The fourth-order valence-corrected chi connectivity index (χ4v) is 7.77. The van der Waals surface area contributed by atoms with Crippen molar-refractivity contribution in [3.63, 3.8) is 0 Å². The average Bonchev–Trinajstić information content (AvgIpc) is 2.95. The molecule has 0 aromatic heterocycles. The number of ketones is 2. The van der Waals surface area contributed by atoms with Gasteiger partial charge >= 0.3 is 11.9 Å². The molecule has 0 aromatic rings. The average molecular weight is 431 g/mol. The van der Waals surface area contributed by atoms with Crippen molar-refractivity contribution in [1.29, 1.82) is 0 Å². The minimum absolute atomic E-state index is 0.0165. The zero-order valence-electron chi connectivity index (χ0n) is 19.3. The molecule has 3 fully saturated rings. The Morgan fingerprint density at radius 2 is 1.61 bits per heavy atom. The van der Waals surface area contributed by atoms with Crippen LogP contribution in [0.1, 0.15) is 79.6 Å². The monoisotopic (exact) mass is 430 g/mol. The van der Waals surface area contributed by atoms with E-state index in [1.54, 1.807) is 0 Å². The van der Waals surface area contributed by atoms with Crippen LogP contribution in [-0.2, 0) is 28.7 Å². The van der Waals surface area contributed by atoms with E-state index in [0.717, 1.165) is 31.3 Å². The number of ether oxygens (including phenoxy) is 2. The molecule has 4 rings (SSSR count). The summed E-state index contributed by atoms with van der Waals surface area (Å²) in [6.45, 7) is 8.61. The summed E-state index contributed by atoms with van der Waals surface area (Å²) in [6.07, 6.45) is 6.75. The Bertz CT molecular complexity index is 873. The zero-order chi connectivity index (χ0) is 22.8. The summed E-state index contributed by atoms with van der Waals surface area (Å²) in [5.74, 6) is -0.640. The molecule has 0 aliphatic heterocycles. The van der Waals surface area contributed by atoms with E-state index < -0.39 is 17.0 Å². The second-order valence-corrected chi connectivity index (χ2v) is 10.7. The zero-order valence-corrected chi connectivity index (χ0v) is 19.3. The molecule has 1 unspecified atom stereocenters. The normalized spacial score (nSPS) is 43.8. The lowest BCUT2D eigenvalue weighted by molar-refractivity contribution is -0.187. The van der Waals surface area contributed by atoms with Crippen LogP contribution in [0.25, 0.3) is 0 Å². The van der Waals surface area contributed by atoms with Gasteiger partial charge in [-0.1, -0.05) is 19.4 Å². The van der Waals surface area contributed by atoms with Crippen LogP contribution >= 0.6 is 0 Å². The van der Waals surface area contributed by atoms with Crippen molar-refractivity contribution < 1.29 is 28.7 Å². The van der Waals surface area contributed by atoms with Crippen LogP contribution in [0.4, 0.5) is 0 Å². The number of esters is 2. The Kier molecular flexibility index (Phi) is 5.22. The molecule has 0 amide bonds. The first-order valence-electron chi connectivity index (χ1n) is 11.6. The Balaban J connectivity index is 1.69. The Labute approximate surface area is 184 Å². The lowest BCUT2D eigenvalue weighted by Gasteiger charge is -2.58. The van der Waals surface area contributed by atoms with Crippen LogP contribution in [0.5, 0.6) is 0 Å². The van der Waals surface area contributed by atoms with E-state index in [-0.39, 0.29) is 46.8 Å². The maximum atomic E-state index is 13.5. The highest BCUT2D eigenvalue weighted by Gasteiger charge is 2.69. The molecule has 4 aliphatic carbocycles. The standard InChI is InChI=1S/C25H34O6/c1-14(26)25(31-16(3)28)11-8-20-22-19(7-10-24(20,25)5)23(4)9-6-18(30-15(2)27)12-17(23)13-21(22)29/h13,18-20,22H,6-12H2,1-5H3/t18?,19-,20-,22+,23-,24-,25-/m0/s1. The molecule has 0 N–H and O–H groups in total. The van der Waals surface area contributed by atoms with Gasteiger partial charge in [-0.2, -0.15) is 0 Å². The number of fused-ring (bicyclic) bond motifs is 5. The largest absolute Gasteiger partial charge is 0.462 e. The molecule has 0 spiro atoms. The van der Waals surface area contributed by atoms with Crippen molar-refractivity contribution in [2.75, 3.05) is 0 Å². The Morgan fingerprint density at radius 1 is 0.935 bits per heavy atom. The SMILES string of the molecule is CC(=O)OC1CC[C@@]2(C)C(=CC(=O)[C@@H]3[C@@H]2CC[C@@]2(C)[C@H]3CC[C@]2(OC(C)=O)C(C)=O)C1. The third-order valence-electron chi connectivity index (χ3n) is 9.24. The lowest BCUT2D eigenvalue weighted by Crippen LogP contribution is -2.59. The van der Waals surface area contributed by atoms with Crippen LogP contribution in [-0.4, -0.2) is 35.2 Å². The first-order valence-corrected chi connectivity index (χ1v) is 11.6. The molecule has 0 radical (unpaired) electrons. The second-order valence-electron chi connectivity index (χ2n) is 10.7. The number of rotatable bonds is 3. The summed E-state index contributed by atoms with van der Waals surface area (Å²) in [5.41, 5.74) is -0.653. The minimum Gasteiger partial charge on any atom is -0.462 e. The molecular formula is C25H34O6. The smallest absolute Gasteiger partial charge is 0.303 e. The summed E-state index contributed by atoms with van der Waals surface area (Å²) in [7, 11) is 0. The maximum absolute atomic E-state index is 13.5. The third-order valence-corrected chi connectivity index (χ3v) is 9.24. The molecule has 170 valence electrons. The van der Waals surface area contributed by atoms with Crippen LogP contribution in [0, 0.1) is 28.6 Å². The van der Waals surface area contributed by atoms with E-state index in [9.17, 15) is 19.2 Å². The first-order chi connectivity index (χ1) is 14.4. The predicted molar refractivity (Wildman–Crippen MR) is 113 cm³/mol. The fraction of sp³-hybridized carbons (Fsp3) is 0.760. The van der Waals surface area contributed by atoms with Gasteiger partial charge in [0.1, 0.15) is 6.10 Å². The van der Waals surface area contributed by atoms with Crippen LogP contribution in [0.3, 0.4) is 0 Å². The number of carbonyl (C=O) groups is 4. The summed E-state index contributed by atoms with van der Waals surface area (Å²) in [4.78, 5) is 49.6. The number of hydrogen-bond donors (Lipinski definition) is 0. The van der Waals surface area contributed by atoms with Crippen molar-refractivity contribution in [2.45, 2.75) is 91.3 Å². The molecule has 7 atom stereocenters. The fourth-order valence-electron chi connectivity index (χ4n) is 7.77. The molecule has 4 aliphatic rings. The predicted octanol–water partition coefficient (Wildman–Crippen LogP) is 3.95. The van der Waals surface area contributed by atoms with Crippen LogP contribution in [0.15, 0.2) is 11.6 Å². The third kappa shape index (κ3) is 3.12. The molecule has 0 bridgehead atoms. The molecule has 31 heavy (non-hydrogen) atoms. The van der Waals surface area contributed by atoms with Gasteiger partial charge in [0.25, 0.3) is 0 Å². The molecule has 0 saturated heterocycles. The Morgan fingerprint density at radius 3 is 2.23 bits per heavy atom. The van der Waals surface area contributed by atoms with Gasteiger partial charge in [-0.3, -0.25) is 19.2 Å². The van der Waals surface area contributed by atoms with Gasteiger partial charge in [-0.25, -0.2) is 0 Å². The highest BCUT2D eigenvalue weighted by molar-refractivity contribution is 5.95. The number of hydrogen-bond acceptors (Lipinski definition) is 6. The van der Waals surface area contributed by atoms with Crippen molar-refractivity contribution in [3.05, 3.63) is 11.6 Å². The molecule has 0 aromatic carbocycles. The quantitative estimate of drug-likeness (QED) is 0.630. The number of allylic oxidation sites excluding steroid dienone is 1. The van der Waals surface area contributed by atoms with Crippen LogP contribution in [0.2, 0.25) is 0 Å². The van der Waals surface area contributed by atoms with Crippen molar-refractivity contribution in [1.82, 2.24) is 0 Å². The molecule has 0 heterocycles. The van der Waals surface area contributed by atoms with Gasteiger partial charge in [-0.05, 0) is 68.8 Å². The number of Topliss-reactive ketones (excluding diaryl/α,β-unsaturated/α-hetero) is 1. The molecule has 6 heteroatoms. The van der Waals surface area contributed by atoms with E-state index in [1.165, 1.54) is 20.8 Å². The van der Waals surface area contributed by atoms with Gasteiger partial charge in [-0.15, -0.1) is 0 Å². The topological polar surface area (TPSA) is 86.7 Å². The minimum atomic E-state index is -1.13. The first kappa shape index (κ1) is 22.2. The van der Waals surface area contributed by atoms with Gasteiger partial charge < -0.3 is 9.47 Å². The van der Waals surface area contributed by atoms with Crippen LogP contribution < -0.4 is 0 Å². The summed E-state index contributed by atoms with van der Waals surface area (Å²) in [6, 6.07) is 0. The highest BCUT2D eigenvalue weighted by Crippen LogP contribution is 2.67. The van der Waals surface area contributed by atoms with E-state index in [2.05, 4.69) is 13.8 Å². The summed E-state index contributed by atoms with van der Waals surface area (Å²) < 4.78 is 11.2. The van der Waals surface area contributed by atoms with E-state index in [1.807, 2.05) is 6.08 Å². The Hall–Kier alpha value is -1.98. The van der Waals surface area contributed by atoms with Gasteiger partial charge in [0.2, 0.25) is 0 Å². The molecular weight excluding hydrogens is 396 g/mol. The van der Waals surface area contributed by atoms with Crippen molar-refractivity contribution in [2.24, 2.45) is 28.6 Å². The van der Waals surface area contributed by atoms with Gasteiger partial charge in [0.15, 0.2) is 17.2 Å². The molecule has 6 nitrogen and oxygen atoms in total. The summed E-state index contributed by atoms with van der Waals surface area (Å²) in [5, 5.41) is 0. The van der Waals surface area contributed by atoms with E-state index in [0.29, 0.717) is 19.3 Å². The molecule has 3 saturated carbocycles. The van der Waals surface area contributed by atoms with Gasteiger partial charge in [0, 0.05) is 31.6 Å². The van der Waals surface area contributed by atoms with E-state index >= 15 is 0 Å². The maximum Gasteiger partial charge on any atom is 0.303 e. The van der Waals surface area contributed by atoms with Crippen molar-refractivity contribution >= 4 is 23.5 Å². The second kappa shape index (κ2) is 7.28. The van der Waals surface area contributed by atoms with Gasteiger partial charge in [0.05, 0.1) is 0 Å². The lowest BCUT2D eigenvalue weighted by atomic mass is 9.46. The number of carbonyl (C=O) groups excluding carboxylic acids is 4. The van der Waals surface area contributed by atoms with E-state index in [4.69, 9.17) is 9.47 Å². The van der Waals surface area contributed by atoms with Crippen molar-refractivity contribution in [3.8, 4) is 0 Å². The summed E-state index contributed by atoms with van der Waals surface area (Å²) >= 11 is 0.